The molecule has 5 nitrogen and oxygen atoms in total. The van der Waals surface area contributed by atoms with Gasteiger partial charge >= 0.3 is 5.97 Å². The third-order valence-electron chi connectivity index (χ3n) is 1.89. The molecule has 0 amide bonds. The van der Waals surface area contributed by atoms with Gasteiger partial charge in [-0.05, 0) is 6.07 Å². The van der Waals surface area contributed by atoms with Crippen LogP contribution in [-0.2, 0) is 9.53 Å². The van der Waals surface area contributed by atoms with E-state index in [2.05, 4.69) is 31.0 Å². The highest BCUT2D eigenvalue weighted by Crippen LogP contribution is 2.12. The van der Waals surface area contributed by atoms with E-state index in [1.807, 2.05) is 6.07 Å². The van der Waals surface area contributed by atoms with Gasteiger partial charge in [-0.15, -0.1) is 0 Å². The number of carbonyl (C=O) groups is 1. The predicted molar refractivity (Wildman–Crippen MR) is 64.0 cm³/mol. The van der Waals surface area contributed by atoms with Gasteiger partial charge in [-0.2, -0.15) is 0 Å². The van der Waals surface area contributed by atoms with Gasteiger partial charge in [0, 0.05) is 12.6 Å². The molecule has 1 unspecified atom stereocenters. The van der Waals surface area contributed by atoms with Crippen LogP contribution in [0.2, 0.25) is 0 Å². The summed E-state index contributed by atoms with van der Waals surface area (Å²) in [7, 11) is 2.91. The number of anilines is 1. The molecule has 1 N–H and O–H groups in total. The smallest absolute Gasteiger partial charge is 0.321 e. The van der Waals surface area contributed by atoms with Gasteiger partial charge in [0.15, 0.2) is 0 Å². The Kier molecular flexibility index (Phi) is 5.04. The van der Waals surface area contributed by atoms with Crippen LogP contribution in [-0.4, -0.2) is 36.5 Å². The molecule has 1 aromatic heterocycles. The molecule has 0 aliphatic carbocycles. The molecule has 0 aliphatic rings. The van der Waals surface area contributed by atoms with Crippen LogP contribution in [0, 0.1) is 0 Å². The summed E-state index contributed by atoms with van der Waals surface area (Å²) in [6.45, 7) is 0.431. The van der Waals surface area contributed by atoms with Crippen molar-refractivity contribution < 1.29 is 14.3 Å². The number of carbonyl (C=O) groups excluding carboxylic acids is 1. The Labute approximate surface area is 102 Å². The second-order valence-corrected chi connectivity index (χ2v) is 4.07. The standard InChI is InChI=1S/C10H13BrN2O3/c1-15-9-4-3-7(5-13-9)12-6-8(11)10(14)16-2/h3-5,8,12H,6H2,1-2H3. The summed E-state index contributed by atoms with van der Waals surface area (Å²) in [5.41, 5.74) is 0.814. The minimum atomic E-state index is -0.375. The molecule has 1 aromatic rings. The van der Waals surface area contributed by atoms with E-state index in [1.54, 1.807) is 19.4 Å². The molecular weight excluding hydrogens is 276 g/mol. The van der Waals surface area contributed by atoms with E-state index in [-0.39, 0.29) is 10.8 Å². The Balaban J connectivity index is 2.45. The molecule has 0 aliphatic heterocycles. The van der Waals surface area contributed by atoms with Crippen LogP contribution in [0.5, 0.6) is 5.88 Å². The lowest BCUT2D eigenvalue weighted by Crippen LogP contribution is -2.24. The largest absolute Gasteiger partial charge is 0.481 e. The molecule has 16 heavy (non-hydrogen) atoms. The third kappa shape index (κ3) is 3.69. The molecular formula is C10H13BrN2O3. The number of esters is 1. The van der Waals surface area contributed by atoms with Gasteiger partial charge in [-0.3, -0.25) is 4.79 Å². The van der Waals surface area contributed by atoms with E-state index in [0.29, 0.717) is 12.4 Å². The van der Waals surface area contributed by atoms with Gasteiger partial charge in [0.2, 0.25) is 5.88 Å². The minimum Gasteiger partial charge on any atom is -0.481 e. The molecule has 1 rings (SSSR count). The molecule has 0 fully saturated rings. The number of halogens is 1. The number of aromatic nitrogens is 1. The zero-order chi connectivity index (χ0) is 12.0. The summed E-state index contributed by atoms with van der Waals surface area (Å²) >= 11 is 3.21. The maximum Gasteiger partial charge on any atom is 0.321 e. The number of nitrogens with zero attached hydrogens (tertiary/aromatic N) is 1. The fraction of sp³-hybridized carbons (Fsp3) is 0.400. The Morgan fingerprint density at radius 3 is 2.81 bits per heavy atom. The zero-order valence-electron chi connectivity index (χ0n) is 9.07. The second-order valence-electron chi connectivity index (χ2n) is 2.96. The topological polar surface area (TPSA) is 60.5 Å². The Hall–Kier alpha value is -1.30. The molecule has 0 saturated heterocycles. The number of pyridine rings is 1. The zero-order valence-corrected chi connectivity index (χ0v) is 10.7. The maximum atomic E-state index is 11.1. The number of nitrogens with one attached hydrogen (secondary N) is 1. The van der Waals surface area contributed by atoms with Crippen LogP contribution in [0.25, 0.3) is 0 Å². The molecule has 0 bridgehead atoms. The summed E-state index contributed by atoms with van der Waals surface area (Å²) in [5.74, 6) is 0.239. The summed E-state index contributed by atoms with van der Waals surface area (Å²) in [5, 5.41) is 3.05. The summed E-state index contributed by atoms with van der Waals surface area (Å²) < 4.78 is 9.50. The van der Waals surface area contributed by atoms with Gasteiger partial charge in [-0.25, -0.2) is 4.98 Å². The summed E-state index contributed by atoms with van der Waals surface area (Å²) in [6, 6.07) is 3.56. The number of alkyl halides is 1. The molecule has 0 saturated carbocycles. The number of ether oxygens (including phenoxy) is 2. The van der Waals surface area contributed by atoms with Crippen LogP contribution in [0.3, 0.4) is 0 Å². The van der Waals surface area contributed by atoms with Crippen LogP contribution in [0.15, 0.2) is 18.3 Å². The first-order valence-corrected chi connectivity index (χ1v) is 5.54. The third-order valence-corrected chi connectivity index (χ3v) is 2.59. The fourth-order valence-corrected chi connectivity index (χ4v) is 1.37. The molecule has 1 atom stereocenters. The Morgan fingerprint density at radius 2 is 2.31 bits per heavy atom. The van der Waals surface area contributed by atoms with Gasteiger partial charge in [0.05, 0.1) is 26.1 Å². The maximum absolute atomic E-state index is 11.1. The van der Waals surface area contributed by atoms with Crippen molar-refractivity contribution in [3.63, 3.8) is 0 Å². The van der Waals surface area contributed by atoms with Crippen LogP contribution in [0.4, 0.5) is 5.69 Å². The number of methoxy groups -OCH3 is 2. The quantitative estimate of drug-likeness (QED) is 0.656. The summed E-state index contributed by atoms with van der Waals surface area (Å²) in [6.07, 6.45) is 1.63. The van der Waals surface area contributed by atoms with Crippen molar-refractivity contribution in [3.05, 3.63) is 18.3 Å². The molecule has 0 aromatic carbocycles. The van der Waals surface area contributed by atoms with E-state index in [4.69, 9.17) is 4.74 Å². The van der Waals surface area contributed by atoms with Crippen molar-refractivity contribution in [1.29, 1.82) is 0 Å². The van der Waals surface area contributed by atoms with Crippen molar-refractivity contribution in [2.75, 3.05) is 26.1 Å². The average Bonchev–Trinajstić information content (AvgIpc) is 2.35. The lowest BCUT2D eigenvalue weighted by Gasteiger charge is -2.10. The SMILES string of the molecule is COC(=O)C(Br)CNc1ccc(OC)nc1. The first-order valence-electron chi connectivity index (χ1n) is 4.63. The molecule has 6 heteroatoms. The van der Waals surface area contributed by atoms with Crippen molar-refractivity contribution in [1.82, 2.24) is 4.98 Å². The monoisotopic (exact) mass is 288 g/mol. The van der Waals surface area contributed by atoms with Gasteiger partial charge in [0.25, 0.3) is 0 Å². The normalized spacial score (nSPS) is 11.7. The van der Waals surface area contributed by atoms with Crippen molar-refractivity contribution in [2.45, 2.75) is 4.83 Å². The highest BCUT2D eigenvalue weighted by atomic mass is 79.9. The fourth-order valence-electron chi connectivity index (χ4n) is 1.02. The van der Waals surface area contributed by atoms with Crippen LogP contribution >= 0.6 is 15.9 Å². The Bertz CT molecular complexity index is 342. The van der Waals surface area contributed by atoms with E-state index in [1.165, 1.54) is 7.11 Å². The second kappa shape index (κ2) is 6.32. The van der Waals surface area contributed by atoms with Crippen molar-refractivity contribution >= 4 is 27.6 Å². The van der Waals surface area contributed by atoms with Crippen molar-refractivity contribution in [2.24, 2.45) is 0 Å². The molecule has 0 radical (unpaired) electrons. The highest BCUT2D eigenvalue weighted by molar-refractivity contribution is 9.10. The number of hydrogen-bond donors (Lipinski definition) is 1. The van der Waals surface area contributed by atoms with Crippen LogP contribution in [0.1, 0.15) is 0 Å². The van der Waals surface area contributed by atoms with E-state index >= 15 is 0 Å². The first-order chi connectivity index (χ1) is 7.67. The predicted octanol–water partition coefficient (Wildman–Crippen LogP) is 1.44. The van der Waals surface area contributed by atoms with Crippen molar-refractivity contribution in [3.8, 4) is 5.88 Å². The highest BCUT2D eigenvalue weighted by Gasteiger charge is 2.14. The van der Waals surface area contributed by atoms with E-state index < -0.39 is 0 Å². The molecule has 88 valence electrons. The van der Waals surface area contributed by atoms with E-state index in [0.717, 1.165) is 5.69 Å². The Morgan fingerprint density at radius 1 is 1.56 bits per heavy atom. The van der Waals surface area contributed by atoms with Gasteiger partial charge in [0.1, 0.15) is 4.83 Å². The number of rotatable bonds is 5. The van der Waals surface area contributed by atoms with Gasteiger partial charge in [-0.1, -0.05) is 15.9 Å². The van der Waals surface area contributed by atoms with Crippen LogP contribution < -0.4 is 10.1 Å². The lowest BCUT2D eigenvalue weighted by molar-refractivity contribution is -0.139. The lowest BCUT2D eigenvalue weighted by atomic mass is 10.3. The summed E-state index contributed by atoms with van der Waals surface area (Å²) in [4.78, 5) is 14.7. The molecule has 0 spiro atoms. The number of hydrogen-bond acceptors (Lipinski definition) is 5. The minimum absolute atomic E-state index is 0.311. The van der Waals surface area contributed by atoms with E-state index in [9.17, 15) is 4.79 Å². The van der Waals surface area contributed by atoms with Gasteiger partial charge < -0.3 is 14.8 Å². The average molecular weight is 289 g/mol. The molecule has 1 heterocycles. The first kappa shape index (κ1) is 12.8.